The fourth-order valence-corrected chi connectivity index (χ4v) is 7.23. The molecule has 0 aromatic heterocycles. The van der Waals surface area contributed by atoms with Crippen molar-refractivity contribution in [2.24, 2.45) is 23.5 Å². The van der Waals surface area contributed by atoms with E-state index in [2.05, 4.69) is 17.3 Å². The highest BCUT2D eigenvalue weighted by atomic mass is 16.3. The van der Waals surface area contributed by atoms with Crippen LogP contribution < -0.4 is 11.1 Å². The number of primary amides is 1. The van der Waals surface area contributed by atoms with E-state index in [9.17, 15) is 34.8 Å². The number of rotatable bonds is 5. The fourth-order valence-electron chi connectivity index (χ4n) is 7.23. The number of piperidine rings is 1. The Morgan fingerprint density at radius 3 is 2.49 bits per heavy atom. The molecule has 3 aliphatic carbocycles. The molecule has 0 bridgehead atoms. The van der Waals surface area contributed by atoms with Crippen LogP contribution in [-0.2, 0) is 27.3 Å². The lowest BCUT2D eigenvalue weighted by Crippen LogP contribution is -2.73. The maximum absolute atomic E-state index is 13.9. The molecule has 4 aliphatic rings. The summed E-state index contributed by atoms with van der Waals surface area (Å²) in [5, 5.41) is 48.6. The van der Waals surface area contributed by atoms with Gasteiger partial charge in [-0.05, 0) is 71.4 Å². The third kappa shape index (κ3) is 4.27. The van der Waals surface area contributed by atoms with E-state index in [4.69, 9.17) is 5.73 Å². The number of aliphatic hydroxyl groups is 3. The first kappa shape index (κ1) is 27.7. The molecule has 0 radical (unpaired) electrons. The lowest BCUT2D eigenvalue weighted by molar-refractivity contribution is -0.184. The Morgan fingerprint density at radius 1 is 1.21 bits per heavy atom. The summed E-state index contributed by atoms with van der Waals surface area (Å²) < 4.78 is 0. The van der Waals surface area contributed by atoms with Gasteiger partial charge < -0.3 is 41.3 Å². The number of amides is 1. The van der Waals surface area contributed by atoms with Crippen molar-refractivity contribution in [3.63, 3.8) is 0 Å². The van der Waals surface area contributed by atoms with Gasteiger partial charge in [-0.3, -0.25) is 14.4 Å². The van der Waals surface area contributed by atoms with Crippen LogP contribution in [0, 0.1) is 17.8 Å². The lowest BCUT2D eigenvalue weighted by Gasteiger charge is -2.53. The Kier molecular flexibility index (Phi) is 7.09. The third-order valence-corrected chi connectivity index (χ3v) is 9.34. The average molecular weight is 543 g/mol. The van der Waals surface area contributed by atoms with Crippen molar-refractivity contribution in [1.82, 2.24) is 15.1 Å². The van der Waals surface area contributed by atoms with E-state index in [1.165, 1.54) is 0 Å². The first-order valence-electron chi connectivity index (χ1n) is 13.5. The smallest absolute Gasteiger partial charge is 0.230 e. The van der Waals surface area contributed by atoms with Crippen molar-refractivity contribution in [2.75, 3.05) is 34.2 Å². The molecule has 2 saturated carbocycles. The molecular formula is C28H38N4O7. The Balaban J connectivity index is 1.51. The van der Waals surface area contributed by atoms with Crippen LogP contribution in [0.3, 0.4) is 0 Å². The molecule has 1 heterocycles. The predicted molar refractivity (Wildman–Crippen MR) is 141 cm³/mol. The van der Waals surface area contributed by atoms with Gasteiger partial charge in [0.05, 0.1) is 11.7 Å². The molecule has 1 aliphatic heterocycles. The number of benzene rings is 1. The molecule has 7 N–H and O–H groups in total. The van der Waals surface area contributed by atoms with Crippen molar-refractivity contribution in [1.29, 1.82) is 0 Å². The summed E-state index contributed by atoms with van der Waals surface area (Å²) in [4.78, 5) is 43.3. The van der Waals surface area contributed by atoms with Crippen molar-refractivity contribution in [2.45, 2.75) is 56.0 Å². The van der Waals surface area contributed by atoms with Crippen LogP contribution in [0.25, 0.3) is 5.76 Å². The monoisotopic (exact) mass is 542 g/mol. The molecule has 5 rings (SSSR count). The van der Waals surface area contributed by atoms with Crippen molar-refractivity contribution < 1.29 is 34.8 Å². The number of aromatic hydroxyl groups is 1. The number of carbonyl (C=O) groups excluding carboxylic acids is 3. The van der Waals surface area contributed by atoms with Gasteiger partial charge in [0.25, 0.3) is 0 Å². The van der Waals surface area contributed by atoms with Gasteiger partial charge in [0, 0.05) is 35.7 Å². The van der Waals surface area contributed by atoms with E-state index in [1.54, 1.807) is 19.0 Å². The van der Waals surface area contributed by atoms with E-state index in [0.717, 1.165) is 25.9 Å². The zero-order chi connectivity index (χ0) is 28.4. The Labute approximate surface area is 227 Å². The second kappa shape index (κ2) is 9.97. The van der Waals surface area contributed by atoms with Gasteiger partial charge in [0.15, 0.2) is 11.4 Å². The van der Waals surface area contributed by atoms with E-state index in [-0.39, 0.29) is 23.3 Å². The maximum atomic E-state index is 13.9. The molecule has 1 aromatic rings. The van der Waals surface area contributed by atoms with E-state index in [1.807, 2.05) is 12.1 Å². The summed E-state index contributed by atoms with van der Waals surface area (Å²) in [7, 11) is 5.34. The van der Waals surface area contributed by atoms with Crippen LogP contribution in [0.4, 0.5) is 0 Å². The van der Waals surface area contributed by atoms with Gasteiger partial charge in [-0.2, -0.15) is 0 Å². The highest BCUT2D eigenvalue weighted by Gasteiger charge is 2.67. The van der Waals surface area contributed by atoms with E-state index in [0.29, 0.717) is 30.1 Å². The minimum atomic E-state index is -2.64. The second-order valence-electron chi connectivity index (χ2n) is 11.9. The largest absolute Gasteiger partial charge is 0.507 e. The summed E-state index contributed by atoms with van der Waals surface area (Å²) in [6.45, 7) is 2.34. The average Bonchev–Trinajstić information content (AvgIpc) is 2.86. The number of hydrogen-bond donors (Lipinski definition) is 6. The quantitative estimate of drug-likeness (QED) is 0.261. The molecule has 1 amide bonds. The van der Waals surface area contributed by atoms with Gasteiger partial charge in [0.1, 0.15) is 17.4 Å². The molecular weight excluding hydrogens is 504 g/mol. The number of nitrogens with one attached hydrogen (secondary N) is 1. The number of fused-ring (bicyclic) bond motifs is 3. The molecule has 0 spiro atoms. The van der Waals surface area contributed by atoms with Gasteiger partial charge in [-0.1, -0.05) is 12.1 Å². The minimum Gasteiger partial charge on any atom is -0.507 e. The second-order valence-corrected chi connectivity index (χ2v) is 11.9. The highest BCUT2D eigenvalue weighted by Crippen LogP contribution is 2.52. The predicted octanol–water partition coefficient (Wildman–Crippen LogP) is -0.687. The number of hydrogen-bond acceptors (Lipinski definition) is 10. The molecule has 39 heavy (non-hydrogen) atoms. The van der Waals surface area contributed by atoms with Gasteiger partial charge in [0.2, 0.25) is 11.7 Å². The van der Waals surface area contributed by atoms with Gasteiger partial charge in [-0.15, -0.1) is 0 Å². The molecule has 3 fully saturated rings. The fraction of sp³-hybridized carbons (Fsp3) is 0.607. The van der Waals surface area contributed by atoms with Crippen LogP contribution in [0.5, 0.6) is 5.75 Å². The number of nitrogens with two attached hydrogens (primary N) is 1. The van der Waals surface area contributed by atoms with Crippen LogP contribution >= 0.6 is 0 Å². The first-order chi connectivity index (χ1) is 18.4. The summed E-state index contributed by atoms with van der Waals surface area (Å²) in [5.41, 5.74) is 3.98. The van der Waals surface area contributed by atoms with Crippen LogP contribution in [0.15, 0.2) is 17.7 Å². The van der Waals surface area contributed by atoms with Crippen LogP contribution in [0.2, 0.25) is 0 Å². The molecule has 2 unspecified atom stereocenters. The maximum Gasteiger partial charge on any atom is 0.230 e. The summed E-state index contributed by atoms with van der Waals surface area (Å²) in [6.07, 6.45) is 0.875. The molecule has 212 valence electrons. The standard InChI is InChI=1S/C28H38N4O7/c1-31(2)21-17-11-15-10-13-4-5-14(12-30-16-6-8-32(3)9-7-16)22(33)18(13)23(34)19(15)25(36)28(17,39)26(37)20(24(21)35)27(29)38/h4-5,15-17,20-21,24,30,33-35,39H,6-12H2,1-3H3,(H2,29,38)/t15-,17-,20?,21-,24?,28-/m0/s1. The van der Waals surface area contributed by atoms with Crippen molar-refractivity contribution in [3.05, 3.63) is 34.4 Å². The topological polar surface area (TPSA) is 177 Å². The summed E-state index contributed by atoms with van der Waals surface area (Å²) >= 11 is 0. The lowest BCUT2D eigenvalue weighted by atomic mass is 9.54. The first-order valence-corrected chi connectivity index (χ1v) is 13.5. The number of nitrogens with zero attached hydrogens (tertiary/aromatic N) is 2. The van der Waals surface area contributed by atoms with Crippen LogP contribution in [-0.4, -0.2) is 106 Å². The summed E-state index contributed by atoms with van der Waals surface area (Å²) in [6, 6.07) is 3.03. The molecule has 1 saturated heterocycles. The Bertz CT molecular complexity index is 1240. The molecule has 6 atom stereocenters. The number of phenolic OH excluding ortho intramolecular Hbond substituents is 1. The normalized spacial score (nSPS) is 33.6. The number of likely N-dealkylation sites (N-methyl/N-ethyl adjacent to an activating group) is 1. The SMILES string of the molecule is CN1CCC(NCc2ccc3c(c2O)C(O)=C2C(=O)[C@]4(O)C(=O)C(C(N)=O)C(O)[C@@H](N(C)C)[C@@H]4C[C@@H]2C3)CC1. The summed E-state index contributed by atoms with van der Waals surface area (Å²) in [5.74, 6) is -7.25. The van der Waals surface area contributed by atoms with Crippen LogP contribution in [0.1, 0.15) is 36.0 Å². The highest BCUT2D eigenvalue weighted by molar-refractivity contribution is 6.25. The Morgan fingerprint density at radius 2 is 1.87 bits per heavy atom. The zero-order valence-corrected chi connectivity index (χ0v) is 22.6. The van der Waals surface area contributed by atoms with E-state index >= 15 is 0 Å². The number of likely N-dealkylation sites (tertiary alicyclic amines) is 1. The van der Waals surface area contributed by atoms with Crippen molar-refractivity contribution >= 4 is 23.2 Å². The van der Waals surface area contributed by atoms with Gasteiger partial charge in [-0.25, -0.2) is 0 Å². The van der Waals surface area contributed by atoms with Crippen molar-refractivity contribution in [3.8, 4) is 5.75 Å². The van der Waals surface area contributed by atoms with E-state index < -0.39 is 58.7 Å². The number of phenols is 1. The van der Waals surface area contributed by atoms with Gasteiger partial charge >= 0.3 is 0 Å². The number of aliphatic hydroxyl groups excluding tert-OH is 2. The molecule has 11 nitrogen and oxygen atoms in total. The number of ketones is 2. The minimum absolute atomic E-state index is 0.110. The number of Topliss-reactive ketones (excluding diaryl/α,β-unsaturated/α-hetero) is 2. The molecule has 1 aromatic carbocycles. The third-order valence-electron chi connectivity index (χ3n) is 9.34. The molecule has 11 heteroatoms. The Hall–Kier alpha value is -2.83. The number of carbonyl (C=O) groups is 3. The zero-order valence-electron chi connectivity index (χ0n) is 22.6.